The summed E-state index contributed by atoms with van der Waals surface area (Å²) in [7, 11) is 0. The zero-order valence-electron chi connectivity index (χ0n) is 10.5. The van der Waals surface area contributed by atoms with Crippen molar-refractivity contribution >= 4 is 17.2 Å². The third-order valence-electron chi connectivity index (χ3n) is 2.61. The molecule has 1 heterocycles. The lowest BCUT2D eigenvalue weighted by Crippen LogP contribution is -2.29. The molecule has 0 aromatic carbocycles. The van der Waals surface area contributed by atoms with Gasteiger partial charge in [0, 0.05) is 13.0 Å². The van der Waals surface area contributed by atoms with Crippen LogP contribution in [-0.4, -0.2) is 23.7 Å². The average molecular weight is 255 g/mol. The zero-order valence-corrected chi connectivity index (χ0v) is 11.3. The SMILES string of the molecule is CC(O)CC(C)CNC(=O)CCc1ccsc1. The Hall–Kier alpha value is -0.870. The lowest BCUT2D eigenvalue weighted by molar-refractivity contribution is -0.121. The van der Waals surface area contributed by atoms with Crippen LogP contribution < -0.4 is 5.32 Å². The normalized spacial score (nSPS) is 14.3. The second-order valence-electron chi connectivity index (χ2n) is 4.63. The Morgan fingerprint density at radius 2 is 2.29 bits per heavy atom. The van der Waals surface area contributed by atoms with Crippen LogP contribution in [0.1, 0.15) is 32.3 Å². The van der Waals surface area contributed by atoms with E-state index in [4.69, 9.17) is 0 Å². The molecule has 0 aliphatic rings. The first kappa shape index (κ1) is 14.2. The summed E-state index contributed by atoms with van der Waals surface area (Å²) in [6.07, 6.45) is 1.77. The molecule has 0 aliphatic heterocycles. The van der Waals surface area contributed by atoms with Crippen molar-refractivity contribution in [3.63, 3.8) is 0 Å². The quantitative estimate of drug-likeness (QED) is 0.785. The maximum absolute atomic E-state index is 11.6. The largest absolute Gasteiger partial charge is 0.393 e. The van der Waals surface area contributed by atoms with E-state index in [0.717, 1.165) is 12.8 Å². The van der Waals surface area contributed by atoms with E-state index in [0.29, 0.717) is 18.9 Å². The summed E-state index contributed by atoms with van der Waals surface area (Å²) in [6.45, 7) is 4.45. The van der Waals surface area contributed by atoms with Gasteiger partial charge in [0.2, 0.25) is 5.91 Å². The molecule has 4 heteroatoms. The van der Waals surface area contributed by atoms with Crippen molar-refractivity contribution < 1.29 is 9.90 Å². The van der Waals surface area contributed by atoms with E-state index in [1.54, 1.807) is 18.3 Å². The van der Waals surface area contributed by atoms with Crippen LogP contribution in [0.2, 0.25) is 0 Å². The summed E-state index contributed by atoms with van der Waals surface area (Å²) < 4.78 is 0. The second-order valence-corrected chi connectivity index (χ2v) is 5.41. The smallest absolute Gasteiger partial charge is 0.220 e. The molecule has 0 aliphatic carbocycles. The molecule has 1 amide bonds. The van der Waals surface area contributed by atoms with Crippen LogP contribution in [0.5, 0.6) is 0 Å². The predicted molar refractivity (Wildman–Crippen MR) is 71.1 cm³/mol. The number of aliphatic hydroxyl groups is 1. The van der Waals surface area contributed by atoms with Crippen LogP contribution in [-0.2, 0) is 11.2 Å². The Bertz CT molecular complexity index is 322. The van der Waals surface area contributed by atoms with Crippen molar-refractivity contribution in [2.24, 2.45) is 5.92 Å². The van der Waals surface area contributed by atoms with E-state index in [-0.39, 0.29) is 12.0 Å². The van der Waals surface area contributed by atoms with Crippen molar-refractivity contribution in [3.8, 4) is 0 Å². The Kier molecular flexibility index (Phi) is 6.22. The number of rotatable bonds is 7. The van der Waals surface area contributed by atoms with Crippen molar-refractivity contribution in [1.29, 1.82) is 0 Å². The molecule has 1 aromatic heterocycles. The fourth-order valence-electron chi connectivity index (χ4n) is 1.73. The van der Waals surface area contributed by atoms with Gasteiger partial charge in [0.15, 0.2) is 0 Å². The Morgan fingerprint density at radius 1 is 1.53 bits per heavy atom. The van der Waals surface area contributed by atoms with Gasteiger partial charge in [-0.1, -0.05) is 6.92 Å². The molecule has 1 aromatic rings. The van der Waals surface area contributed by atoms with E-state index in [1.807, 2.05) is 18.4 Å². The van der Waals surface area contributed by atoms with Gasteiger partial charge in [0.25, 0.3) is 0 Å². The minimum absolute atomic E-state index is 0.0913. The van der Waals surface area contributed by atoms with Crippen LogP contribution >= 0.6 is 11.3 Å². The van der Waals surface area contributed by atoms with E-state index in [1.165, 1.54) is 5.56 Å². The molecule has 17 heavy (non-hydrogen) atoms. The van der Waals surface area contributed by atoms with E-state index >= 15 is 0 Å². The maximum atomic E-state index is 11.6. The average Bonchev–Trinajstić information content (AvgIpc) is 2.75. The molecular formula is C13H21NO2S. The minimum atomic E-state index is -0.298. The molecule has 2 unspecified atom stereocenters. The lowest BCUT2D eigenvalue weighted by Gasteiger charge is -2.14. The first-order valence-electron chi connectivity index (χ1n) is 6.03. The van der Waals surface area contributed by atoms with Gasteiger partial charge >= 0.3 is 0 Å². The van der Waals surface area contributed by atoms with Crippen LogP contribution in [0.3, 0.4) is 0 Å². The topological polar surface area (TPSA) is 49.3 Å². The molecule has 2 N–H and O–H groups in total. The molecule has 0 saturated carbocycles. The standard InChI is InChI=1S/C13H21NO2S/c1-10(7-11(2)15)8-14-13(16)4-3-12-5-6-17-9-12/h5-6,9-11,15H,3-4,7-8H2,1-2H3,(H,14,16). The third kappa shape index (κ3) is 6.44. The fourth-order valence-corrected chi connectivity index (χ4v) is 2.44. The summed E-state index contributed by atoms with van der Waals surface area (Å²) in [6, 6.07) is 2.05. The first-order valence-corrected chi connectivity index (χ1v) is 6.98. The van der Waals surface area contributed by atoms with Gasteiger partial charge in [-0.25, -0.2) is 0 Å². The van der Waals surface area contributed by atoms with E-state index in [2.05, 4.69) is 10.7 Å². The molecule has 0 bridgehead atoms. The highest BCUT2D eigenvalue weighted by molar-refractivity contribution is 7.07. The van der Waals surface area contributed by atoms with Crippen LogP contribution in [0.15, 0.2) is 16.8 Å². The van der Waals surface area contributed by atoms with Crippen molar-refractivity contribution in [1.82, 2.24) is 5.32 Å². The Morgan fingerprint density at radius 3 is 2.88 bits per heavy atom. The first-order chi connectivity index (χ1) is 8.08. The number of hydrogen-bond donors (Lipinski definition) is 2. The molecular weight excluding hydrogens is 234 g/mol. The highest BCUT2D eigenvalue weighted by atomic mass is 32.1. The van der Waals surface area contributed by atoms with Crippen LogP contribution in [0.4, 0.5) is 0 Å². The van der Waals surface area contributed by atoms with Gasteiger partial charge in [-0.2, -0.15) is 11.3 Å². The van der Waals surface area contributed by atoms with Crippen molar-refractivity contribution in [2.45, 2.75) is 39.2 Å². The highest BCUT2D eigenvalue weighted by Gasteiger charge is 2.08. The number of carbonyl (C=O) groups is 1. The van der Waals surface area contributed by atoms with E-state index in [9.17, 15) is 9.90 Å². The molecule has 2 atom stereocenters. The lowest BCUT2D eigenvalue weighted by atomic mass is 10.0. The zero-order chi connectivity index (χ0) is 12.7. The second kappa shape index (κ2) is 7.45. The predicted octanol–water partition coefficient (Wildman–Crippen LogP) is 2.20. The Labute approximate surface area is 107 Å². The summed E-state index contributed by atoms with van der Waals surface area (Å²) in [4.78, 5) is 11.6. The van der Waals surface area contributed by atoms with E-state index < -0.39 is 0 Å². The number of thiophene rings is 1. The highest BCUT2D eigenvalue weighted by Crippen LogP contribution is 2.08. The molecule has 0 fully saturated rings. The van der Waals surface area contributed by atoms with Gasteiger partial charge in [0.05, 0.1) is 6.10 Å². The Balaban J connectivity index is 2.13. The van der Waals surface area contributed by atoms with Crippen molar-refractivity contribution in [3.05, 3.63) is 22.4 Å². The number of carbonyl (C=O) groups excluding carboxylic acids is 1. The molecule has 3 nitrogen and oxygen atoms in total. The van der Waals surface area contributed by atoms with Gasteiger partial charge in [0.1, 0.15) is 0 Å². The third-order valence-corrected chi connectivity index (χ3v) is 3.34. The van der Waals surface area contributed by atoms with Crippen molar-refractivity contribution in [2.75, 3.05) is 6.54 Å². The van der Waals surface area contributed by atoms with Crippen LogP contribution in [0, 0.1) is 5.92 Å². The summed E-state index contributed by atoms with van der Waals surface area (Å²) in [5.41, 5.74) is 1.22. The number of aryl methyl sites for hydroxylation is 1. The van der Waals surface area contributed by atoms with Gasteiger partial charge < -0.3 is 10.4 Å². The molecule has 1 rings (SSSR count). The maximum Gasteiger partial charge on any atom is 0.220 e. The fraction of sp³-hybridized carbons (Fsp3) is 0.615. The molecule has 0 saturated heterocycles. The van der Waals surface area contributed by atoms with Gasteiger partial charge in [-0.15, -0.1) is 0 Å². The van der Waals surface area contributed by atoms with Gasteiger partial charge in [-0.05, 0) is 48.1 Å². The number of nitrogens with one attached hydrogen (secondary N) is 1. The minimum Gasteiger partial charge on any atom is -0.393 e. The monoisotopic (exact) mass is 255 g/mol. The molecule has 96 valence electrons. The number of aliphatic hydroxyl groups excluding tert-OH is 1. The molecule has 0 spiro atoms. The summed E-state index contributed by atoms with van der Waals surface area (Å²) in [5.74, 6) is 0.411. The number of amides is 1. The van der Waals surface area contributed by atoms with Crippen LogP contribution in [0.25, 0.3) is 0 Å². The molecule has 0 radical (unpaired) electrons. The summed E-state index contributed by atoms with van der Waals surface area (Å²) in [5, 5.41) is 16.2. The number of hydrogen-bond acceptors (Lipinski definition) is 3. The van der Waals surface area contributed by atoms with Gasteiger partial charge in [-0.3, -0.25) is 4.79 Å². The summed E-state index contributed by atoms with van der Waals surface area (Å²) >= 11 is 1.66.